The Hall–Kier alpha value is -4.27. The molecule has 2 bridgehead atoms. The second kappa shape index (κ2) is 8.58. The molecule has 3 fully saturated rings. The normalized spacial score (nSPS) is 22.4. The molecular weight excluding hydrogens is 432 g/mol. The molecule has 9 heteroatoms. The van der Waals surface area contributed by atoms with Gasteiger partial charge in [0.15, 0.2) is 0 Å². The average Bonchev–Trinajstić information content (AvgIpc) is 3.55. The molecule has 172 valence electrons. The minimum Gasteiger partial charge on any atom is -0.349 e. The number of pyridine rings is 1. The molecule has 1 atom stereocenters. The lowest BCUT2D eigenvalue weighted by Gasteiger charge is -2.38. The Morgan fingerprint density at radius 1 is 1.03 bits per heavy atom. The smallest absolute Gasteiger partial charge is 0.274 e. The summed E-state index contributed by atoms with van der Waals surface area (Å²) in [5.41, 5.74) is 2.46. The van der Waals surface area contributed by atoms with E-state index in [1.54, 1.807) is 54.7 Å². The number of fused-ring (bicyclic) bond motifs is 1. The van der Waals surface area contributed by atoms with Gasteiger partial charge in [-0.25, -0.2) is 4.98 Å². The highest BCUT2D eigenvalue weighted by atomic mass is 16.2. The molecule has 3 saturated carbocycles. The quantitative estimate of drug-likeness (QED) is 0.406. The van der Waals surface area contributed by atoms with Crippen molar-refractivity contribution in [3.63, 3.8) is 0 Å². The summed E-state index contributed by atoms with van der Waals surface area (Å²) in [5, 5.41) is 15.6. The van der Waals surface area contributed by atoms with Crippen molar-refractivity contribution < 1.29 is 14.4 Å². The molecule has 6 rings (SSSR count). The molecule has 0 saturated heterocycles. The van der Waals surface area contributed by atoms with Gasteiger partial charge >= 0.3 is 0 Å². The molecule has 3 amide bonds. The topological polar surface area (TPSA) is 129 Å². The lowest BCUT2D eigenvalue weighted by Crippen LogP contribution is -2.51. The molecule has 0 aliphatic heterocycles. The number of hydrogen-bond donors (Lipinski definition) is 4. The lowest BCUT2D eigenvalue weighted by atomic mass is 9.76. The van der Waals surface area contributed by atoms with Crippen LogP contribution in [0, 0.1) is 5.92 Å². The largest absolute Gasteiger partial charge is 0.349 e. The molecule has 3 aliphatic carbocycles. The van der Waals surface area contributed by atoms with Gasteiger partial charge in [0.2, 0.25) is 5.91 Å². The maximum Gasteiger partial charge on any atom is 0.274 e. The summed E-state index contributed by atoms with van der Waals surface area (Å²) in [7, 11) is 0. The molecule has 0 radical (unpaired) electrons. The van der Waals surface area contributed by atoms with E-state index < -0.39 is 0 Å². The van der Waals surface area contributed by atoms with Gasteiger partial charge in [-0.1, -0.05) is 12.6 Å². The first-order valence-electron chi connectivity index (χ1n) is 11.1. The second-order valence-electron chi connectivity index (χ2n) is 8.84. The summed E-state index contributed by atoms with van der Waals surface area (Å²) >= 11 is 0. The number of carbonyl (C=O) groups is 3. The number of aromatic amines is 1. The zero-order valence-electron chi connectivity index (χ0n) is 18.4. The van der Waals surface area contributed by atoms with Gasteiger partial charge in [0.25, 0.3) is 11.8 Å². The van der Waals surface area contributed by atoms with Crippen LogP contribution in [0.3, 0.4) is 0 Å². The van der Waals surface area contributed by atoms with Crippen molar-refractivity contribution in [3.05, 3.63) is 78.6 Å². The fourth-order valence-corrected chi connectivity index (χ4v) is 4.88. The lowest BCUT2D eigenvalue weighted by molar-refractivity contribution is -0.119. The molecule has 2 aromatic heterocycles. The number of amides is 3. The summed E-state index contributed by atoms with van der Waals surface area (Å²) in [4.78, 5) is 41.4. The third-order valence-electron chi connectivity index (χ3n) is 6.54. The number of carbonyl (C=O) groups excluding carboxylic acids is 3. The number of hydrogen-bond acceptors (Lipinski definition) is 5. The highest BCUT2D eigenvalue weighted by molar-refractivity contribution is 6.03. The number of nitrogens with zero attached hydrogens (tertiary/aromatic N) is 2. The SMILES string of the molecule is C=CC(=O)NC12CC(C1)C(NC(=O)c1ccc(NC(=O)c3cccc(-c4ccn[nH]4)n3)cc1)C2. The molecule has 1 aromatic carbocycles. The summed E-state index contributed by atoms with van der Waals surface area (Å²) < 4.78 is 0. The third-order valence-corrected chi connectivity index (χ3v) is 6.54. The predicted molar refractivity (Wildman–Crippen MR) is 126 cm³/mol. The molecule has 34 heavy (non-hydrogen) atoms. The van der Waals surface area contributed by atoms with E-state index in [2.05, 4.69) is 37.7 Å². The average molecular weight is 457 g/mol. The van der Waals surface area contributed by atoms with Gasteiger partial charge in [0, 0.05) is 29.0 Å². The van der Waals surface area contributed by atoms with E-state index in [-0.39, 0.29) is 35.0 Å². The van der Waals surface area contributed by atoms with Crippen molar-refractivity contribution in [1.82, 2.24) is 25.8 Å². The van der Waals surface area contributed by atoms with E-state index in [1.165, 1.54) is 6.08 Å². The summed E-state index contributed by atoms with van der Waals surface area (Å²) in [5.74, 6) is -0.324. The number of anilines is 1. The number of nitrogens with one attached hydrogen (secondary N) is 4. The Kier molecular flexibility index (Phi) is 5.45. The van der Waals surface area contributed by atoms with E-state index in [0.717, 1.165) is 25.0 Å². The standard InChI is InChI=1S/C25H24N6O3/c1-2-22(32)30-25-12-16(13-25)21(14-25)29-23(33)15-6-8-17(9-7-15)27-24(34)20-5-3-4-18(28-20)19-10-11-26-31-19/h2-11,16,21H,1,12-14H2,(H,26,31)(H,27,34)(H,29,33)(H,30,32). The van der Waals surface area contributed by atoms with Crippen LogP contribution in [0.15, 0.2) is 67.4 Å². The predicted octanol–water partition coefficient (Wildman–Crippen LogP) is 2.68. The monoisotopic (exact) mass is 456 g/mol. The number of benzene rings is 1. The van der Waals surface area contributed by atoms with Crippen molar-refractivity contribution >= 4 is 23.4 Å². The number of H-pyrrole nitrogens is 1. The van der Waals surface area contributed by atoms with Crippen LogP contribution in [0.5, 0.6) is 0 Å². The van der Waals surface area contributed by atoms with Gasteiger partial charge in [0.1, 0.15) is 5.69 Å². The van der Waals surface area contributed by atoms with E-state index in [4.69, 9.17) is 0 Å². The first-order valence-corrected chi connectivity index (χ1v) is 11.1. The molecule has 4 N–H and O–H groups in total. The molecule has 2 heterocycles. The van der Waals surface area contributed by atoms with Crippen molar-refractivity contribution in [1.29, 1.82) is 0 Å². The highest BCUT2D eigenvalue weighted by Crippen LogP contribution is 2.52. The maximum absolute atomic E-state index is 12.7. The van der Waals surface area contributed by atoms with Crippen LogP contribution in [-0.4, -0.2) is 44.5 Å². The zero-order chi connectivity index (χ0) is 23.7. The molecule has 0 spiro atoms. The molecule has 3 aliphatic rings. The van der Waals surface area contributed by atoms with Crippen LogP contribution in [0.4, 0.5) is 5.69 Å². The van der Waals surface area contributed by atoms with Gasteiger partial charge in [-0.2, -0.15) is 5.10 Å². The Morgan fingerprint density at radius 3 is 2.53 bits per heavy atom. The van der Waals surface area contributed by atoms with E-state index in [0.29, 0.717) is 22.9 Å². The maximum atomic E-state index is 12.7. The van der Waals surface area contributed by atoms with Gasteiger partial charge < -0.3 is 16.0 Å². The Morgan fingerprint density at radius 2 is 1.82 bits per heavy atom. The first kappa shape index (κ1) is 21.6. The van der Waals surface area contributed by atoms with Crippen molar-refractivity contribution in [2.45, 2.75) is 30.8 Å². The van der Waals surface area contributed by atoms with Gasteiger partial charge in [-0.15, -0.1) is 0 Å². The minimum atomic E-state index is -0.351. The molecule has 1 unspecified atom stereocenters. The van der Waals surface area contributed by atoms with E-state index in [1.807, 2.05) is 0 Å². The van der Waals surface area contributed by atoms with Crippen LogP contribution < -0.4 is 16.0 Å². The Labute approximate surface area is 196 Å². The highest BCUT2D eigenvalue weighted by Gasteiger charge is 2.56. The molecule has 3 aromatic rings. The van der Waals surface area contributed by atoms with Crippen LogP contribution in [0.1, 0.15) is 40.1 Å². The van der Waals surface area contributed by atoms with Crippen molar-refractivity contribution in [3.8, 4) is 11.4 Å². The van der Waals surface area contributed by atoms with Crippen LogP contribution in [0.2, 0.25) is 0 Å². The number of rotatable bonds is 7. The molecule has 9 nitrogen and oxygen atoms in total. The zero-order valence-corrected chi connectivity index (χ0v) is 18.4. The van der Waals surface area contributed by atoms with Crippen LogP contribution >= 0.6 is 0 Å². The summed E-state index contributed by atoms with van der Waals surface area (Å²) in [6.45, 7) is 3.50. The fourth-order valence-electron chi connectivity index (χ4n) is 4.88. The van der Waals surface area contributed by atoms with Gasteiger partial charge in [-0.3, -0.25) is 19.5 Å². The Balaban J connectivity index is 1.18. The fraction of sp³-hybridized carbons (Fsp3) is 0.240. The van der Waals surface area contributed by atoms with Gasteiger partial charge in [-0.05, 0) is 73.7 Å². The Bertz CT molecular complexity index is 1250. The summed E-state index contributed by atoms with van der Waals surface area (Å²) in [6, 6.07) is 13.7. The number of aromatic nitrogens is 3. The van der Waals surface area contributed by atoms with Crippen molar-refractivity contribution in [2.75, 3.05) is 5.32 Å². The molecular formula is C25H24N6O3. The summed E-state index contributed by atoms with van der Waals surface area (Å²) in [6.07, 6.45) is 5.37. The first-order chi connectivity index (χ1) is 16.4. The van der Waals surface area contributed by atoms with Crippen molar-refractivity contribution in [2.24, 2.45) is 5.92 Å². The van der Waals surface area contributed by atoms with E-state index in [9.17, 15) is 14.4 Å². The van der Waals surface area contributed by atoms with Crippen LogP contribution in [0.25, 0.3) is 11.4 Å². The second-order valence-corrected chi connectivity index (χ2v) is 8.84. The van der Waals surface area contributed by atoms with E-state index >= 15 is 0 Å². The minimum absolute atomic E-state index is 0.0326. The van der Waals surface area contributed by atoms with Gasteiger partial charge in [0.05, 0.1) is 11.4 Å². The van der Waals surface area contributed by atoms with Crippen LogP contribution in [-0.2, 0) is 4.79 Å². The third kappa shape index (κ3) is 4.19.